The lowest BCUT2D eigenvalue weighted by atomic mass is 10.2. The zero-order valence-corrected chi connectivity index (χ0v) is 19.4. The molecule has 0 aliphatic carbocycles. The number of morpholine rings is 1. The zero-order chi connectivity index (χ0) is 21.6. The summed E-state index contributed by atoms with van der Waals surface area (Å²) >= 11 is 0. The fourth-order valence-corrected chi connectivity index (χ4v) is 4.19. The third-order valence-electron chi connectivity index (χ3n) is 6.04. The minimum atomic E-state index is 0.871. The summed E-state index contributed by atoms with van der Waals surface area (Å²) in [5, 5.41) is 6.88. The molecule has 3 rings (SSSR count). The van der Waals surface area contributed by atoms with Gasteiger partial charge in [-0.1, -0.05) is 18.2 Å². The van der Waals surface area contributed by atoms with Gasteiger partial charge in [-0.15, -0.1) is 0 Å². The van der Waals surface area contributed by atoms with Crippen molar-refractivity contribution < 1.29 is 4.74 Å². The number of hydrogen-bond acceptors (Lipinski definition) is 5. The molecule has 31 heavy (non-hydrogen) atoms. The average molecular weight is 431 g/mol. The molecule has 7 nitrogen and oxygen atoms in total. The minimum absolute atomic E-state index is 0.871. The van der Waals surface area contributed by atoms with Crippen LogP contribution in [-0.2, 0) is 4.74 Å². The lowest BCUT2D eigenvalue weighted by Gasteiger charge is -2.36. The van der Waals surface area contributed by atoms with Crippen molar-refractivity contribution in [3.8, 4) is 0 Å². The van der Waals surface area contributed by atoms with Crippen molar-refractivity contribution in [1.29, 1.82) is 0 Å². The summed E-state index contributed by atoms with van der Waals surface area (Å²) in [5.74, 6) is 0.959. The molecule has 0 aromatic heterocycles. The van der Waals surface area contributed by atoms with E-state index in [2.05, 4.69) is 62.6 Å². The van der Waals surface area contributed by atoms with Gasteiger partial charge in [0, 0.05) is 71.1 Å². The van der Waals surface area contributed by atoms with E-state index in [1.54, 1.807) is 0 Å². The van der Waals surface area contributed by atoms with Gasteiger partial charge in [0.25, 0.3) is 0 Å². The number of guanidine groups is 1. The van der Waals surface area contributed by atoms with Gasteiger partial charge in [-0.3, -0.25) is 14.8 Å². The Hall–Kier alpha value is -1.83. The van der Waals surface area contributed by atoms with Crippen molar-refractivity contribution in [1.82, 2.24) is 20.4 Å². The van der Waals surface area contributed by atoms with E-state index in [0.29, 0.717) is 0 Å². The second kappa shape index (κ2) is 14.3. The maximum atomic E-state index is 5.41. The van der Waals surface area contributed by atoms with Crippen LogP contribution in [0.5, 0.6) is 0 Å². The number of para-hydroxylation sites is 1. The Bertz CT molecular complexity index is 612. The highest BCUT2D eigenvalue weighted by molar-refractivity contribution is 5.79. The van der Waals surface area contributed by atoms with E-state index < -0.39 is 0 Å². The number of unbranched alkanes of at least 4 members (excludes halogenated alkanes) is 1. The predicted molar refractivity (Wildman–Crippen MR) is 130 cm³/mol. The highest BCUT2D eigenvalue weighted by atomic mass is 16.5. The molecule has 0 atom stereocenters. The molecule has 2 aliphatic rings. The van der Waals surface area contributed by atoms with Crippen LogP contribution in [0.2, 0.25) is 0 Å². The number of piperazine rings is 1. The van der Waals surface area contributed by atoms with E-state index in [1.165, 1.54) is 25.1 Å². The normalized spacial score (nSPS) is 18.9. The number of hydrogen-bond donors (Lipinski definition) is 2. The zero-order valence-electron chi connectivity index (χ0n) is 19.4. The van der Waals surface area contributed by atoms with E-state index in [9.17, 15) is 0 Å². The van der Waals surface area contributed by atoms with Gasteiger partial charge < -0.3 is 20.3 Å². The Balaban J connectivity index is 1.23. The highest BCUT2D eigenvalue weighted by Gasteiger charge is 2.16. The second-order valence-electron chi connectivity index (χ2n) is 8.37. The molecule has 2 N–H and O–H groups in total. The van der Waals surface area contributed by atoms with Crippen LogP contribution < -0.4 is 15.5 Å². The van der Waals surface area contributed by atoms with E-state index in [1.807, 2.05) is 0 Å². The third kappa shape index (κ3) is 9.05. The SMILES string of the molecule is CCNC(=NCCCN1CCOCC1)NCCCCN1CCN(c2ccccc2)CC1. The molecule has 0 amide bonds. The van der Waals surface area contributed by atoms with E-state index in [-0.39, 0.29) is 0 Å². The molecule has 2 saturated heterocycles. The van der Waals surface area contributed by atoms with Crippen molar-refractivity contribution in [2.75, 3.05) is 90.1 Å². The van der Waals surface area contributed by atoms with Crippen molar-refractivity contribution in [2.45, 2.75) is 26.2 Å². The fourth-order valence-electron chi connectivity index (χ4n) is 4.19. The maximum absolute atomic E-state index is 5.41. The first-order chi connectivity index (χ1) is 15.3. The second-order valence-corrected chi connectivity index (χ2v) is 8.37. The van der Waals surface area contributed by atoms with E-state index >= 15 is 0 Å². The number of anilines is 1. The van der Waals surface area contributed by atoms with E-state index in [4.69, 9.17) is 9.73 Å². The Morgan fingerprint density at radius 1 is 0.871 bits per heavy atom. The Morgan fingerprint density at radius 3 is 2.32 bits per heavy atom. The highest BCUT2D eigenvalue weighted by Crippen LogP contribution is 2.15. The van der Waals surface area contributed by atoms with Gasteiger partial charge in [0.2, 0.25) is 0 Å². The molecule has 0 radical (unpaired) electrons. The van der Waals surface area contributed by atoms with Gasteiger partial charge in [-0.05, 0) is 44.9 Å². The van der Waals surface area contributed by atoms with Crippen LogP contribution in [0.4, 0.5) is 5.69 Å². The first-order valence-electron chi connectivity index (χ1n) is 12.2. The Labute approximate surface area is 188 Å². The van der Waals surface area contributed by atoms with Gasteiger partial charge in [-0.2, -0.15) is 0 Å². The molecular weight excluding hydrogens is 388 g/mol. The van der Waals surface area contributed by atoms with Gasteiger partial charge in [-0.25, -0.2) is 0 Å². The van der Waals surface area contributed by atoms with Crippen molar-refractivity contribution in [3.05, 3.63) is 30.3 Å². The van der Waals surface area contributed by atoms with Gasteiger partial charge in [0.05, 0.1) is 13.2 Å². The molecule has 1 aromatic rings. The summed E-state index contributed by atoms with van der Waals surface area (Å²) in [7, 11) is 0. The summed E-state index contributed by atoms with van der Waals surface area (Å²) in [6.45, 7) is 15.6. The fraction of sp³-hybridized carbons (Fsp3) is 0.708. The van der Waals surface area contributed by atoms with Crippen LogP contribution in [0.15, 0.2) is 35.3 Å². The molecule has 0 saturated carbocycles. The maximum Gasteiger partial charge on any atom is 0.191 e. The number of rotatable bonds is 11. The number of benzene rings is 1. The molecule has 2 heterocycles. The molecule has 2 aliphatic heterocycles. The smallest absolute Gasteiger partial charge is 0.191 e. The molecular formula is C24H42N6O. The average Bonchev–Trinajstić information content (AvgIpc) is 2.83. The summed E-state index contributed by atoms with van der Waals surface area (Å²) in [4.78, 5) is 12.3. The Kier molecular flexibility index (Phi) is 11.0. The van der Waals surface area contributed by atoms with Crippen LogP contribution >= 0.6 is 0 Å². The first-order valence-corrected chi connectivity index (χ1v) is 12.2. The summed E-state index contributed by atoms with van der Waals surface area (Å²) in [6.07, 6.45) is 3.51. The van der Waals surface area contributed by atoms with Crippen molar-refractivity contribution >= 4 is 11.6 Å². The third-order valence-corrected chi connectivity index (χ3v) is 6.04. The quantitative estimate of drug-likeness (QED) is 0.318. The molecule has 2 fully saturated rings. The topological polar surface area (TPSA) is 55.4 Å². The van der Waals surface area contributed by atoms with Gasteiger partial charge in [0.15, 0.2) is 5.96 Å². The summed E-state index contributed by atoms with van der Waals surface area (Å²) in [6, 6.07) is 10.8. The molecule has 7 heteroatoms. The molecule has 0 spiro atoms. The molecule has 174 valence electrons. The minimum Gasteiger partial charge on any atom is -0.379 e. The lowest BCUT2D eigenvalue weighted by molar-refractivity contribution is 0.0377. The van der Waals surface area contributed by atoms with Crippen LogP contribution in [-0.4, -0.2) is 101 Å². The standard InChI is InChI=1S/C24H42N6O/c1-2-25-24(27-12-8-14-29-19-21-31-22-20-29)26-11-6-7-13-28-15-17-30(18-16-28)23-9-4-3-5-10-23/h3-5,9-10H,2,6-8,11-22H2,1H3,(H2,25,26,27). The number of aliphatic imine (C=N–C) groups is 1. The number of nitrogens with one attached hydrogen (secondary N) is 2. The monoisotopic (exact) mass is 430 g/mol. The van der Waals surface area contributed by atoms with Crippen LogP contribution in [0.25, 0.3) is 0 Å². The first kappa shape index (κ1) is 23.8. The predicted octanol–water partition coefficient (Wildman–Crippen LogP) is 1.87. The van der Waals surface area contributed by atoms with Gasteiger partial charge >= 0.3 is 0 Å². The van der Waals surface area contributed by atoms with Crippen LogP contribution in [0.1, 0.15) is 26.2 Å². The van der Waals surface area contributed by atoms with Crippen molar-refractivity contribution in [2.24, 2.45) is 4.99 Å². The molecule has 0 unspecified atom stereocenters. The summed E-state index contributed by atoms with van der Waals surface area (Å²) < 4.78 is 5.41. The van der Waals surface area contributed by atoms with Crippen LogP contribution in [0, 0.1) is 0 Å². The Morgan fingerprint density at radius 2 is 1.58 bits per heavy atom. The number of nitrogens with zero attached hydrogens (tertiary/aromatic N) is 4. The molecule has 0 bridgehead atoms. The largest absolute Gasteiger partial charge is 0.379 e. The van der Waals surface area contributed by atoms with E-state index in [0.717, 1.165) is 91.0 Å². The van der Waals surface area contributed by atoms with Crippen LogP contribution in [0.3, 0.4) is 0 Å². The lowest BCUT2D eigenvalue weighted by Crippen LogP contribution is -2.46. The molecule has 1 aromatic carbocycles. The number of ether oxygens (including phenoxy) is 1. The summed E-state index contributed by atoms with van der Waals surface area (Å²) in [5.41, 5.74) is 1.35. The van der Waals surface area contributed by atoms with Gasteiger partial charge in [0.1, 0.15) is 0 Å². The van der Waals surface area contributed by atoms with Crippen molar-refractivity contribution in [3.63, 3.8) is 0 Å².